The molecular weight excluding hydrogens is 194 g/mol. The zero-order valence-corrected chi connectivity index (χ0v) is 9.64. The van der Waals surface area contributed by atoms with E-state index in [9.17, 15) is 0 Å². The number of nitrogens with one attached hydrogen (secondary N) is 1. The van der Waals surface area contributed by atoms with Crippen LogP contribution in [-0.2, 0) is 0 Å². The van der Waals surface area contributed by atoms with E-state index in [0.717, 1.165) is 10.9 Å². The monoisotopic (exact) mass is 211 g/mol. The quantitative estimate of drug-likeness (QED) is 0.695. The van der Waals surface area contributed by atoms with Gasteiger partial charge in [-0.2, -0.15) is 0 Å². The standard InChI is InChI=1S/C7H7Cl.C5H11N/c1-6-2-4-7(8)5-3-6;1-5-2-3-6-4-5/h2-5H,1H3;5-6H,2-4H2,1H3. The smallest absolute Gasteiger partial charge is 0.0406 e. The molecule has 1 fully saturated rings. The van der Waals surface area contributed by atoms with Gasteiger partial charge in [0.15, 0.2) is 0 Å². The van der Waals surface area contributed by atoms with E-state index in [1.54, 1.807) is 0 Å². The lowest BCUT2D eigenvalue weighted by molar-refractivity contribution is 0.651. The molecule has 0 bridgehead atoms. The van der Waals surface area contributed by atoms with Crippen molar-refractivity contribution in [2.45, 2.75) is 20.3 Å². The molecule has 2 rings (SSSR count). The van der Waals surface area contributed by atoms with E-state index < -0.39 is 0 Å². The predicted molar refractivity (Wildman–Crippen MR) is 62.8 cm³/mol. The van der Waals surface area contributed by atoms with Gasteiger partial charge in [0.1, 0.15) is 0 Å². The minimum atomic E-state index is 0.801. The van der Waals surface area contributed by atoms with Crippen molar-refractivity contribution >= 4 is 11.6 Å². The van der Waals surface area contributed by atoms with Crippen molar-refractivity contribution in [3.05, 3.63) is 34.9 Å². The first-order chi connectivity index (χ1) is 6.68. The third-order valence-corrected chi connectivity index (χ3v) is 2.57. The number of rotatable bonds is 0. The van der Waals surface area contributed by atoms with Crippen molar-refractivity contribution in [3.8, 4) is 0 Å². The lowest BCUT2D eigenvalue weighted by atomic mass is 10.2. The molecular formula is C12H18ClN. The van der Waals surface area contributed by atoms with Gasteiger partial charge in [0.25, 0.3) is 0 Å². The Kier molecular flexibility index (Phi) is 4.99. The molecule has 1 heterocycles. The highest BCUT2D eigenvalue weighted by molar-refractivity contribution is 6.30. The molecule has 78 valence electrons. The lowest BCUT2D eigenvalue weighted by Crippen LogP contribution is -2.06. The third kappa shape index (κ3) is 4.64. The van der Waals surface area contributed by atoms with Crippen LogP contribution in [-0.4, -0.2) is 13.1 Å². The summed E-state index contributed by atoms with van der Waals surface area (Å²) in [5, 5.41) is 4.07. The molecule has 1 aliphatic heterocycles. The summed E-state index contributed by atoms with van der Waals surface area (Å²) < 4.78 is 0. The van der Waals surface area contributed by atoms with Gasteiger partial charge in [-0.3, -0.25) is 0 Å². The van der Waals surface area contributed by atoms with Crippen molar-refractivity contribution in [3.63, 3.8) is 0 Å². The largest absolute Gasteiger partial charge is 0.316 e. The Hall–Kier alpha value is -0.530. The van der Waals surface area contributed by atoms with Crippen molar-refractivity contribution < 1.29 is 0 Å². The molecule has 0 spiro atoms. The van der Waals surface area contributed by atoms with Gasteiger partial charge in [0, 0.05) is 5.02 Å². The summed E-state index contributed by atoms with van der Waals surface area (Å²) >= 11 is 5.61. The van der Waals surface area contributed by atoms with Crippen LogP contribution in [0.1, 0.15) is 18.9 Å². The lowest BCUT2D eigenvalue weighted by Gasteiger charge is -1.90. The highest BCUT2D eigenvalue weighted by Crippen LogP contribution is 2.07. The Bertz CT molecular complexity index is 229. The molecule has 0 radical (unpaired) electrons. The summed E-state index contributed by atoms with van der Waals surface area (Å²) in [6.07, 6.45) is 1.38. The first-order valence-electron chi connectivity index (χ1n) is 5.11. The fourth-order valence-electron chi connectivity index (χ4n) is 1.33. The second kappa shape index (κ2) is 6.05. The van der Waals surface area contributed by atoms with E-state index in [2.05, 4.69) is 12.2 Å². The van der Waals surface area contributed by atoms with Gasteiger partial charge in [0.05, 0.1) is 0 Å². The molecule has 1 atom stereocenters. The minimum absolute atomic E-state index is 0.801. The summed E-state index contributed by atoms with van der Waals surface area (Å²) in [5.41, 5.74) is 1.24. The van der Waals surface area contributed by atoms with Gasteiger partial charge >= 0.3 is 0 Å². The Morgan fingerprint density at radius 2 is 1.93 bits per heavy atom. The number of aryl methyl sites for hydroxylation is 1. The van der Waals surface area contributed by atoms with Crippen LogP contribution in [0.3, 0.4) is 0 Å². The van der Waals surface area contributed by atoms with Gasteiger partial charge < -0.3 is 5.32 Å². The van der Waals surface area contributed by atoms with Crippen molar-refractivity contribution in [2.75, 3.05) is 13.1 Å². The normalized spacial score (nSPS) is 20.1. The zero-order chi connectivity index (χ0) is 10.4. The van der Waals surface area contributed by atoms with Gasteiger partial charge in [-0.25, -0.2) is 0 Å². The summed E-state index contributed by atoms with van der Waals surface area (Å²) in [6, 6.07) is 7.75. The zero-order valence-electron chi connectivity index (χ0n) is 8.89. The Labute approximate surface area is 91.5 Å². The van der Waals surface area contributed by atoms with Crippen LogP contribution in [0.5, 0.6) is 0 Å². The molecule has 2 heteroatoms. The maximum atomic E-state index is 5.61. The molecule has 1 unspecified atom stereocenters. The van der Waals surface area contributed by atoms with Gasteiger partial charge in [0.2, 0.25) is 0 Å². The van der Waals surface area contributed by atoms with Gasteiger partial charge in [-0.1, -0.05) is 36.2 Å². The highest BCUT2D eigenvalue weighted by Gasteiger charge is 2.06. The molecule has 1 aliphatic rings. The second-order valence-corrected chi connectivity index (χ2v) is 4.33. The third-order valence-electron chi connectivity index (χ3n) is 2.32. The average Bonchev–Trinajstić information content (AvgIpc) is 2.63. The van der Waals surface area contributed by atoms with Crippen molar-refractivity contribution in [2.24, 2.45) is 5.92 Å². The second-order valence-electron chi connectivity index (χ2n) is 3.89. The van der Waals surface area contributed by atoms with Crippen molar-refractivity contribution in [1.82, 2.24) is 5.32 Å². The number of halogens is 1. The van der Waals surface area contributed by atoms with Crippen LogP contribution >= 0.6 is 11.6 Å². The van der Waals surface area contributed by atoms with Gasteiger partial charge in [-0.15, -0.1) is 0 Å². The van der Waals surface area contributed by atoms with Crippen LogP contribution in [0.2, 0.25) is 5.02 Å². The molecule has 14 heavy (non-hydrogen) atoms. The first kappa shape index (κ1) is 11.5. The van der Waals surface area contributed by atoms with Crippen LogP contribution < -0.4 is 5.32 Å². The van der Waals surface area contributed by atoms with E-state index in [4.69, 9.17) is 11.6 Å². The predicted octanol–water partition coefficient (Wildman–Crippen LogP) is 3.26. The maximum Gasteiger partial charge on any atom is 0.0406 e. The van der Waals surface area contributed by atoms with Crippen molar-refractivity contribution in [1.29, 1.82) is 0 Å². The Morgan fingerprint density at radius 3 is 2.21 bits per heavy atom. The van der Waals surface area contributed by atoms with Crippen LogP contribution in [0, 0.1) is 12.8 Å². The van der Waals surface area contributed by atoms with E-state index in [-0.39, 0.29) is 0 Å². The van der Waals surface area contributed by atoms with E-state index in [1.165, 1.54) is 25.1 Å². The topological polar surface area (TPSA) is 12.0 Å². The van der Waals surface area contributed by atoms with Crippen LogP contribution in [0.15, 0.2) is 24.3 Å². The summed E-state index contributed by atoms with van der Waals surface area (Å²) in [7, 11) is 0. The number of hydrogen-bond donors (Lipinski definition) is 1. The number of hydrogen-bond acceptors (Lipinski definition) is 1. The molecule has 0 saturated carbocycles. The molecule has 1 N–H and O–H groups in total. The Balaban J connectivity index is 0.000000146. The molecule has 0 amide bonds. The molecule has 1 nitrogen and oxygen atoms in total. The summed E-state index contributed by atoms with van der Waals surface area (Å²) in [5.74, 6) is 0.935. The minimum Gasteiger partial charge on any atom is -0.316 e. The fourth-order valence-corrected chi connectivity index (χ4v) is 1.46. The van der Waals surface area contributed by atoms with Gasteiger partial charge in [-0.05, 0) is 44.5 Å². The van der Waals surface area contributed by atoms with E-state index in [1.807, 2.05) is 31.2 Å². The molecule has 1 aromatic carbocycles. The first-order valence-corrected chi connectivity index (χ1v) is 5.49. The fraction of sp³-hybridized carbons (Fsp3) is 0.500. The average molecular weight is 212 g/mol. The molecule has 0 aliphatic carbocycles. The molecule has 1 aromatic rings. The van der Waals surface area contributed by atoms with E-state index >= 15 is 0 Å². The summed E-state index contributed by atoms with van der Waals surface area (Å²) in [6.45, 7) is 6.79. The number of benzene rings is 1. The molecule has 0 aromatic heterocycles. The van der Waals surface area contributed by atoms with E-state index in [0.29, 0.717) is 0 Å². The van der Waals surface area contributed by atoms with Crippen LogP contribution in [0.4, 0.5) is 0 Å². The highest BCUT2D eigenvalue weighted by atomic mass is 35.5. The maximum absolute atomic E-state index is 5.61. The van der Waals surface area contributed by atoms with Crippen LogP contribution in [0.25, 0.3) is 0 Å². The SMILES string of the molecule is CC1CCNC1.Cc1ccc(Cl)cc1. The Morgan fingerprint density at radius 1 is 1.29 bits per heavy atom. The summed E-state index contributed by atoms with van der Waals surface area (Å²) in [4.78, 5) is 0. The molecule has 1 saturated heterocycles.